The van der Waals surface area contributed by atoms with Gasteiger partial charge >= 0.3 is 0 Å². The molecule has 0 spiro atoms. The zero-order valence-electron chi connectivity index (χ0n) is 9.48. The van der Waals surface area contributed by atoms with Crippen molar-refractivity contribution in [2.75, 3.05) is 26.7 Å². The van der Waals surface area contributed by atoms with Gasteiger partial charge in [-0.05, 0) is 19.5 Å². The first-order valence-corrected chi connectivity index (χ1v) is 5.56. The smallest absolute Gasteiger partial charge is 0.0477 e. The number of nitrogens with zero attached hydrogens (tertiary/aromatic N) is 1. The summed E-state index contributed by atoms with van der Waals surface area (Å²) in [5, 5.41) is 9.34. The van der Waals surface area contributed by atoms with E-state index in [-0.39, 0.29) is 0 Å². The Morgan fingerprint density at radius 1 is 1.27 bits per heavy atom. The van der Waals surface area contributed by atoms with Gasteiger partial charge in [0.05, 0.1) is 0 Å². The molecule has 2 nitrogen and oxygen atoms in total. The third-order valence-corrected chi connectivity index (χ3v) is 3.36. The van der Waals surface area contributed by atoms with Crippen molar-refractivity contribution in [3.63, 3.8) is 0 Å². The summed E-state index contributed by atoms with van der Waals surface area (Å²) >= 11 is 0. The van der Waals surface area contributed by atoms with Crippen LogP contribution in [-0.4, -0.2) is 36.8 Å². The molecule has 1 saturated heterocycles. The molecule has 0 aromatic heterocycles. The lowest BCUT2D eigenvalue weighted by Gasteiger charge is -2.16. The van der Waals surface area contributed by atoms with Crippen molar-refractivity contribution in [3.8, 4) is 0 Å². The minimum absolute atomic E-state index is 0.295. The molecule has 0 radical (unpaired) electrons. The van der Waals surface area contributed by atoms with Gasteiger partial charge in [0.2, 0.25) is 0 Å². The Bertz CT molecular complexity index is 320. The summed E-state index contributed by atoms with van der Waals surface area (Å²) in [4.78, 5) is 2.30. The maximum atomic E-state index is 9.34. The highest BCUT2D eigenvalue weighted by molar-refractivity contribution is 5.26. The van der Waals surface area contributed by atoms with Crippen molar-refractivity contribution in [2.24, 2.45) is 5.92 Å². The molecule has 1 fully saturated rings. The third-order valence-electron chi connectivity index (χ3n) is 3.36. The Balaban J connectivity index is 2.19. The maximum absolute atomic E-state index is 9.34. The van der Waals surface area contributed by atoms with E-state index in [0.29, 0.717) is 18.4 Å². The van der Waals surface area contributed by atoms with Crippen molar-refractivity contribution in [1.29, 1.82) is 0 Å². The predicted octanol–water partition coefficient (Wildman–Crippen LogP) is 1.63. The molecule has 0 amide bonds. The summed E-state index contributed by atoms with van der Waals surface area (Å²) in [6, 6.07) is 8.70. The highest BCUT2D eigenvalue weighted by Crippen LogP contribution is 2.31. The van der Waals surface area contributed by atoms with Crippen LogP contribution >= 0.6 is 0 Å². The first-order valence-electron chi connectivity index (χ1n) is 5.56. The minimum Gasteiger partial charge on any atom is -0.396 e. The second kappa shape index (κ2) is 4.33. The van der Waals surface area contributed by atoms with Gasteiger partial charge in [-0.2, -0.15) is 0 Å². The molecule has 2 heteroatoms. The fraction of sp³-hybridized carbons (Fsp3) is 0.538. The number of aryl methyl sites for hydroxylation is 1. The number of likely N-dealkylation sites (tertiary alicyclic amines) is 1. The molecule has 2 rings (SSSR count). The van der Waals surface area contributed by atoms with Gasteiger partial charge in [0.25, 0.3) is 0 Å². The van der Waals surface area contributed by atoms with E-state index in [4.69, 9.17) is 0 Å². The molecule has 0 aliphatic carbocycles. The second-order valence-electron chi connectivity index (χ2n) is 4.68. The summed E-state index contributed by atoms with van der Waals surface area (Å²) in [6.07, 6.45) is 0. The van der Waals surface area contributed by atoms with Gasteiger partial charge in [0.1, 0.15) is 0 Å². The lowest BCUT2D eigenvalue weighted by atomic mass is 9.89. The molecule has 1 aliphatic rings. The highest BCUT2D eigenvalue weighted by atomic mass is 16.3. The molecule has 0 saturated carbocycles. The number of likely N-dealkylation sites (N-methyl/N-ethyl adjacent to an activating group) is 1. The lowest BCUT2D eigenvalue weighted by molar-refractivity contribution is 0.219. The summed E-state index contributed by atoms with van der Waals surface area (Å²) in [5.41, 5.74) is 2.66. The Morgan fingerprint density at radius 3 is 2.53 bits per heavy atom. The molecule has 0 unspecified atom stereocenters. The Hall–Kier alpha value is -0.860. The average Bonchev–Trinajstić information content (AvgIpc) is 2.61. The van der Waals surface area contributed by atoms with Crippen molar-refractivity contribution >= 4 is 0 Å². The Morgan fingerprint density at radius 2 is 1.93 bits per heavy atom. The van der Waals surface area contributed by atoms with Crippen LogP contribution in [0.2, 0.25) is 0 Å². The SMILES string of the molecule is Cc1ccc([C@H]2CN(C)C[C@H]2CO)cc1. The van der Waals surface area contributed by atoms with Gasteiger partial charge in [0.15, 0.2) is 0 Å². The number of hydrogen-bond donors (Lipinski definition) is 1. The number of aliphatic hydroxyl groups is 1. The van der Waals surface area contributed by atoms with Crippen LogP contribution in [-0.2, 0) is 0 Å². The van der Waals surface area contributed by atoms with E-state index in [1.165, 1.54) is 11.1 Å². The van der Waals surface area contributed by atoms with E-state index >= 15 is 0 Å². The van der Waals surface area contributed by atoms with Gasteiger partial charge in [-0.15, -0.1) is 0 Å². The van der Waals surface area contributed by atoms with Crippen LogP contribution < -0.4 is 0 Å². The summed E-state index contributed by atoms with van der Waals surface area (Å²) in [6.45, 7) is 4.47. The van der Waals surface area contributed by atoms with Crippen LogP contribution in [0.3, 0.4) is 0 Å². The molecule has 1 aliphatic heterocycles. The van der Waals surface area contributed by atoms with Crippen LogP contribution in [0.5, 0.6) is 0 Å². The molecule has 82 valence electrons. The molecule has 2 atom stereocenters. The molecule has 15 heavy (non-hydrogen) atoms. The number of benzene rings is 1. The van der Waals surface area contributed by atoms with Crippen molar-refractivity contribution < 1.29 is 5.11 Å². The minimum atomic E-state index is 0.295. The van der Waals surface area contributed by atoms with Gasteiger partial charge in [-0.3, -0.25) is 0 Å². The molecule has 1 N–H and O–H groups in total. The average molecular weight is 205 g/mol. The molecule has 0 bridgehead atoms. The third kappa shape index (κ3) is 2.21. The number of rotatable bonds is 2. The van der Waals surface area contributed by atoms with Crippen LogP contribution in [0.4, 0.5) is 0 Å². The van der Waals surface area contributed by atoms with Crippen molar-refractivity contribution in [3.05, 3.63) is 35.4 Å². The van der Waals surface area contributed by atoms with Crippen LogP contribution in [0.15, 0.2) is 24.3 Å². The topological polar surface area (TPSA) is 23.5 Å². The molecular formula is C13H19NO. The molecule has 1 heterocycles. The van der Waals surface area contributed by atoms with Crippen molar-refractivity contribution in [1.82, 2.24) is 4.90 Å². The zero-order chi connectivity index (χ0) is 10.8. The van der Waals surface area contributed by atoms with Crippen LogP contribution in [0.1, 0.15) is 17.0 Å². The van der Waals surface area contributed by atoms with Crippen molar-refractivity contribution in [2.45, 2.75) is 12.8 Å². The first-order chi connectivity index (χ1) is 7.20. The first kappa shape index (κ1) is 10.7. The van der Waals surface area contributed by atoms with Gasteiger partial charge in [0, 0.05) is 31.5 Å². The standard InChI is InChI=1S/C13H19NO/c1-10-3-5-11(6-4-10)13-8-14(2)7-12(13)9-15/h3-6,12-13,15H,7-9H2,1-2H3/t12-,13+/m0/s1. The quantitative estimate of drug-likeness (QED) is 0.793. The molecular weight excluding hydrogens is 186 g/mol. The van der Waals surface area contributed by atoms with E-state index in [0.717, 1.165) is 13.1 Å². The fourth-order valence-electron chi connectivity index (χ4n) is 2.46. The zero-order valence-corrected chi connectivity index (χ0v) is 9.48. The molecule has 1 aromatic carbocycles. The van der Waals surface area contributed by atoms with E-state index in [2.05, 4.69) is 43.1 Å². The van der Waals surface area contributed by atoms with Gasteiger partial charge < -0.3 is 10.0 Å². The van der Waals surface area contributed by atoms with E-state index in [9.17, 15) is 5.11 Å². The van der Waals surface area contributed by atoms with E-state index < -0.39 is 0 Å². The van der Waals surface area contributed by atoms with E-state index in [1.807, 2.05) is 0 Å². The van der Waals surface area contributed by atoms with Crippen LogP contribution in [0.25, 0.3) is 0 Å². The Kier molecular flexibility index (Phi) is 3.08. The second-order valence-corrected chi connectivity index (χ2v) is 4.68. The fourth-order valence-corrected chi connectivity index (χ4v) is 2.46. The summed E-state index contributed by atoms with van der Waals surface area (Å²) in [5.74, 6) is 0.901. The summed E-state index contributed by atoms with van der Waals surface area (Å²) < 4.78 is 0. The van der Waals surface area contributed by atoms with E-state index in [1.54, 1.807) is 0 Å². The highest BCUT2D eigenvalue weighted by Gasteiger charge is 2.31. The largest absolute Gasteiger partial charge is 0.396 e. The number of hydrogen-bond acceptors (Lipinski definition) is 2. The van der Waals surface area contributed by atoms with Gasteiger partial charge in [-0.25, -0.2) is 0 Å². The maximum Gasteiger partial charge on any atom is 0.0477 e. The normalized spacial score (nSPS) is 27.1. The predicted molar refractivity (Wildman–Crippen MR) is 62.0 cm³/mol. The monoisotopic (exact) mass is 205 g/mol. The lowest BCUT2D eigenvalue weighted by Crippen LogP contribution is -2.15. The number of aliphatic hydroxyl groups excluding tert-OH is 1. The Labute approximate surface area is 91.5 Å². The van der Waals surface area contributed by atoms with Crippen LogP contribution in [0, 0.1) is 12.8 Å². The van der Waals surface area contributed by atoms with Gasteiger partial charge in [-0.1, -0.05) is 29.8 Å². The molecule has 1 aromatic rings. The summed E-state index contributed by atoms with van der Waals surface area (Å²) in [7, 11) is 2.12.